The molecule has 2 rings (SSSR count). The Morgan fingerprint density at radius 1 is 1.21 bits per heavy atom. The van der Waals surface area contributed by atoms with E-state index in [1.807, 2.05) is 30.3 Å². The normalized spacial score (nSPS) is 15.8. The zero-order valence-corrected chi connectivity index (χ0v) is 11.4. The molecule has 0 bridgehead atoms. The van der Waals surface area contributed by atoms with Crippen molar-refractivity contribution in [1.82, 2.24) is 5.01 Å². The molecule has 1 aromatic carbocycles. The smallest absolute Gasteiger partial charge is 0.436 e. The average molecular weight is 262 g/mol. The van der Waals surface area contributed by atoms with Crippen molar-refractivity contribution in [2.24, 2.45) is 0 Å². The summed E-state index contributed by atoms with van der Waals surface area (Å²) in [5.41, 5.74) is 0.182. The van der Waals surface area contributed by atoms with Crippen molar-refractivity contribution in [3.05, 3.63) is 30.3 Å². The van der Waals surface area contributed by atoms with Crippen molar-refractivity contribution in [2.75, 3.05) is 11.6 Å². The number of rotatable bonds is 1. The van der Waals surface area contributed by atoms with Gasteiger partial charge < -0.3 is 4.74 Å². The van der Waals surface area contributed by atoms with E-state index >= 15 is 0 Å². The quantitative estimate of drug-likeness (QED) is 0.780. The van der Waals surface area contributed by atoms with E-state index in [9.17, 15) is 9.59 Å². The highest BCUT2D eigenvalue weighted by molar-refractivity contribution is 5.96. The van der Waals surface area contributed by atoms with Gasteiger partial charge >= 0.3 is 6.09 Å². The Hall–Kier alpha value is -2.04. The first-order chi connectivity index (χ1) is 8.88. The molecule has 0 aliphatic carbocycles. The van der Waals surface area contributed by atoms with Crippen LogP contribution in [-0.4, -0.2) is 29.2 Å². The maximum absolute atomic E-state index is 12.1. The number of carbonyl (C=O) groups excluding carboxylic acids is 2. The molecule has 5 heteroatoms. The predicted molar refractivity (Wildman–Crippen MR) is 71.5 cm³/mol. The van der Waals surface area contributed by atoms with Gasteiger partial charge in [-0.1, -0.05) is 18.2 Å². The van der Waals surface area contributed by atoms with Crippen LogP contribution in [0.3, 0.4) is 0 Å². The Balaban J connectivity index is 2.21. The van der Waals surface area contributed by atoms with Crippen LogP contribution in [0.25, 0.3) is 0 Å². The lowest BCUT2D eigenvalue weighted by Gasteiger charge is -2.30. The van der Waals surface area contributed by atoms with Gasteiger partial charge in [-0.25, -0.2) is 4.79 Å². The van der Waals surface area contributed by atoms with Crippen molar-refractivity contribution in [3.8, 4) is 0 Å². The minimum Gasteiger partial charge on any atom is -0.442 e. The Labute approximate surface area is 112 Å². The van der Waals surface area contributed by atoms with Crippen LogP contribution in [0.4, 0.5) is 10.5 Å². The van der Waals surface area contributed by atoms with Crippen LogP contribution in [-0.2, 0) is 9.53 Å². The summed E-state index contributed by atoms with van der Waals surface area (Å²) in [5.74, 6) is -0.238. The summed E-state index contributed by atoms with van der Waals surface area (Å²) in [6.07, 6.45) is -0.312. The standard InChI is InChI=1S/C14H18N2O3/c1-14(2,3)19-13(18)16-12(17)9-10-15(16)11-7-5-4-6-8-11/h4-8H,9-10H2,1-3H3. The Morgan fingerprint density at radius 2 is 1.84 bits per heavy atom. The van der Waals surface area contributed by atoms with Crippen LogP contribution in [0.2, 0.25) is 0 Å². The highest BCUT2D eigenvalue weighted by atomic mass is 16.6. The summed E-state index contributed by atoms with van der Waals surface area (Å²) >= 11 is 0. The number of hydrazine groups is 1. The number of anilines is 1. The summed E-state index contributed by atoms with van der Waals surface area (Å²) < 4.78 is 5.27. The maximum atomic E-state index is 12.1. The summed E-state index contributed by atoms with van der Waals surface area (Å²) in [6.45, 7) is 5.82. The average Bonchev–Trinajstić information content (AvgIpc) is 2.70. The van der Waals surface area contributed by atoms with Gasteiger partial charge in [0, 0.05) is 13.0 Å². The third-order valence-electron chi connectivity index (χ3n) is 2.64. The number of amides is 2. The van der Waals surface area contributed by atoms with Gasteiger partial charge in [-0.3, -0.25) is 9.80 Å². The van der Waals surface area contributed by atoms with E-state index in [2.05, 4.69) is 0 Å². The van der Waals surface area contributed by atoms with Gasteiger partial charge in [0.15, 0.2) is 0 Å². The fourth-order valence-corrected chi connectivity index (χ4v) is 1.89. The first-order valence-corrected chi connectivity index (χ1v) is 6.27. The van der Waals surface area contributed by atoms with Gasteiger partial charge in [-0.2, -0.15) is 5.01 Å². The molecular formula is C14H18N2O3. The molecule has 1 aromatic rings. The van der Waals surface area contributed by atoms with Crippen molar-refractivity contribution in [2.45, 2.75) is 32.8 Å². The van der Waals surface area contributed by atoms with Crippen LogP contribution in [0.15, 0.2) is 30.3 Å². The molecule has 1 heterocycles. The molecule has 1 aliphatic rings. The molecule has 102 valence electrons. The van der Waals surface area contributed by atoms with E-state index in [0.29, 0.717) is 13.0 Å². The molecule has 0 N–H and O–H groups in total. The molecule has 1 fully saturated rings. The van der Waals surface area contributed by atoms with Crippen LogP contribution >= 0.6 is 0 Å². The van der Waals surface area contributed by atoms with Gasteiger partial charge in [0.2, 0.25) is 0 Å². The van der Waals surface area contributed by atoms with Gasteiger partial charge in [0.1, 0.15) is 5.60 Å². The largest absolute Gasteiger partial charge is 0.442 e. The minimum absolute atomic E-state index is 0.238. The molecule has 1 aliphatic heterocycles. The molecule has 1 saturated heterocycles. The molecule has 19 heavy (non-hydrogen) atoms. The third kappa shape index (κ3) is 3.05. The van der Waals surface area contributed by atoms with Gasteiger partial charge in [0.25, 0.3) is 5.91 Å². The number of benzene rings is 1. The van der Waals surface area contributed by atoms with Crippen LogP contribution in [0, 0.1) is 0 Å². The fourth-order valence-electron chi connectivity index (χ4n) is 1.89. The van der Waals surface area contributed by atoms with E-state index < -0.39 is 11.7 Å². The summed E-state index contributed by atoms with van der Waals surface area (Å²) in [7, 11) is 0. The zero-order valence-electron chi connectivity index (χ0n) is 11.4. The highest BCUT2D eigenvalue weighted by Crippen LogP contribution is 2.24. The van der Waals surface area contributed by atoms with Crippen molar-refractivity contribution in [1.29, 1.82) is 0 Å². The fraction of sp³-hybridized carbons (Fsp3) is 0.429. The molecule has 5 nitrogen and oxygen atoms in total. The number of ether oxygens (including phenoxy) is 1. The number of imide groups is 1. The highest BCUT2D eigenvalue weighted by Gasteiger charge is 2.37. The summed E-state index contributed by atoms with van der Waals surface area (Å²) in [5, 5.41) is 2.73. The second-order valence-electron chi connectivity index (χ2n) is 5.39. The Morgan fingerprint density at radius 3 is 2.42 bits per heavy atom. The van der Waals surface area contributed by atoms with Crippen LogP contribution in [0.5, 0.6) is 0 Å². The molecule has 0 atom stereocenters. The van der Waals surface area contributed by atoms with Crippen LogP contribution < -0.4 is 5.01 Å². The number of carbonyl (C=O) groups is 2. The van der Waals surface area contributed by atoms with Crippen LogP contribution in [0.1, 0.15) is 27.2 Å². The molecule has 0 saturated carbocycles. The second-order valence-corrected chi connectivity index (χ2v) is 5.39. The first-order valence-electron chi connectivity index (χ1n) is 6.27. The summed E-state index contributed by atoms with van der Waals surface area (Å²) in [4.78, 5) is 24.0. The Bertz CT molecular complexity index is 479. The maximum Gasteiger partial charge on any atom is 0.436 e. The molecule has 0 spiro atoms. The number of hydrogen-bond acceptors (Lipinski definition) is 4. The molecule has 2 amide bonds. The molecule has 0 radical (unpaired) electrons. The van der Waals surface area contributed by atoms with E-state index in [1.54, 1.807) is 25.8 Å². The number of hydrogen-bond donors (Lipinski definition) is 0. The lowest BCUT2D eigenvalue weighted by molar-refractivity contribution is -0.127. The predicted octanol–water partition coefficient (Wildman–Crippen LogP) is 2.58. The van der Waals surface area contributed by atoms with E-state index in [1.165, 1.54) is 0 Å². The second kappa shape index (κ2) is 4.91. The van der Waals surface area contributed by atoms with Gasteiger partial charge in [-0.05, 0) is 32.9 Å². The van der Waals surface area contributed by atoms with Gasteiger partial charge in [0.05, 0.1) is 5.69 Å². The van der Waals surface area contributed by atoms with E-state index in [-0.39, 0.29) is 5.91 Å². The van der Waals surface area contributed by atoms with Crippen molar-refractivity contribution >= 4 is 17.7 Å². The lowest BCUT2D eigenvalue weighted by atomic mass is 10.2. The molecular weight excluding hydrogens is 244 g/mol. The number of nitrogens with zero attached hydrogens (tertiary/aromatic N) is 2. The molecule has 0 unspecified atom stereocenters. The molecule has 0 aromatic heterocycles. The van der Waals surface area contributed by atoms with E-state index in [0.717, 1.165) is 10.7 Å². The monoisotopic (exact) mass is 262 g/mol. The minimum atomic E-state index is -0.626. The van der Waals surface area contributed by atoms with Gasteiger partial charge in [-0.15, -0.1) is 0 Å². The SMILES string of the molecule is CC(C)(C)OC(=O)N1C(=O)CCN1c1ccccc1. The van der Waals surface area contributed by atoms with Crippen molar-refractivity contribution in [3.63, 3.8) is 0 Å². The topological polar surface area (TPSA) is 49.9 Å². The summed E-state index contributed by atoms with van der Waals surface area (Å²) in [6, 6.07) is 9.34. The first kappa shape index (κ1) is 13.4. The lowest BCUT2D eigenvalue weighted by Crippen LogP contribution is -2.46. The van der Waals surface area contributed by atoms with Crippen molar-refractivity contribution < 1.29 is 14.3 Å². The van der Waals surface area contributed by atoms with E-state index in [4.69, 9.17) is 4.74 Å². The number of para-hydroxylation sites is 1. The Kier molecular flexibility index (Phi) is 3.46. The third-order valence-corrected chi connectivity index (χ3v) is 2.64. The zero-order chi connectivity index (χ0) is 14.0.